The van der Waals surface area contributed by atoms with Crippen molar-refractivity contribution in [2.24, 2.45) is 10.2 Å². The van der Waals surface area contributed by atoms with Crippen LogP contribution in [-0.2, 0) is 0 Å². The number of azo groups is 1. The highest BCUT2D eigenvalue weighted by Crippen LogP contribution is 2.38. The van der Waals surface area contributed by atoms with E-state index in [4.69, 9.17) is 0 Å². The summed E-state index contributed by atoms with van der Waals surface area (Å²) in [6.07, 6.45) is 5.35. The van der Waals surface area contributed by atoms with Gasteiger partial charge in [0.2, 0.25) is 0 Å². The Morgan fingerprint density at radius 1 is 1.12 bits per heavy atom. The Morgan fingerprint density at radius 3 is 2.00 bits per heavy atom. The molecular formula is C6H10N2. The highest BCUT2D eigenvalue weighted by Gasteiger charge is 2.38. The summed E-state index contributed by atoms with van der Waals surface area (Å²) < 4.78 is 0. The predicted molar refractivity (Wildman–Crippen MR) is 30.9 cm³/mol. The van der Waals surface area contributed by atoms with Gasteiger partial charge in [-0.05, 0) is 12.8 Å². The molecule has 0 radical (unpaired) electrons. The van der Waals surface area contributed by atoms with Gasteiger partial charge in [0.25, 0.3) is 0 Å². The summed E-state index contributed by atoms with van der Waals surface area (Å²) in [5.41, 5.74) is 0.375. The van der Waals surface area contributed by atoms with Crippen LogP contribution in [0.25, 0.3) is 0 Å². The predicted octanol–water partition coefficient (Wildman–Crippen LogP) is 1.77. The first kappa shape index (κ1) is 4.48. The fourth-order valence-corrected chi connectivity index (χ4v) is 1.56. The van der Waals surface area contributed by atoms with E-state index in [1.807, 2.05) is 0 Å². The zero-order valence-corrected chi connectivity index (χ0v) is 4.93. The normalized spacial score (nSPS) is 31.0. The van der Waals surface area contributed by atoms with Gasteiger partial charge in [0.1, 0.15) is 5.54 Å². The molecule has 0 aromatic carbocycles. The maximum atomic E-state index is 4.12. The lowest BCUT2D eigenvalue weighted by molar-refractivity contribution is 0.348. The van der Waals surface area contributed by atoms with E-state index in [0.717, 1.165) is 6.54 Å². The van der Waals surface area contributed by atoms with Gasteiger partial charge in [-0.25, -0.2) is 0 Å². The van der Waals surface area contributed by atoms with Crippen LogP contribution in [0.3, 0.4) is 0 Å². The maximum absolute atomic E-state index is 4.12. The van der Waals surface area contributed by atoms with Crippen LogP contribution in [0.15, 0.2) is 10.2 Å². The highest BCUT2D eigenvalue weighted by atomic mass is 15.3. The molecule has 8 heavy (non-hydrogen) atoms. The molecule has 1 saturated carbocycles. The van der Waals surface area contributed by atoms with Crippen molar-refractivity contribution < 1.29 is 0 Å². The third-order valence-electron chi connectivity index (χ3n) is 2.18. The minimum atomic E-state index is 0.375. The van der Waals surface area contributed by atoms with E-state index in [1.165, 1.54) is 25.7 Å². The van der Waals surface area contributed by atoms with Crippen molar-refractivity contribution >= 4 is 0 Å². The monoisotopic (exact) mass is 110 g/mol. The molecule has 2 aliphatic rings. The van der Waals surface area contributed by atoms with E-state index in [1.54, 1.807) is 0 Å². The molecule has 0 unspecified atom stereocenters. The maximum Gasteiger partial charge on any atom is 0.103 e. The Kier molecular flexibility index (Phi) is 0.729. The standard InChI is InChI=1S/C6H10N2/c1-2-4-6(3-1)5-7-8-6/h1-5H2. The summed E-state index contributed by atoms with van der Waals surface area (Å²) in [4.78, 5) is 0. The third-order valence-corrected chi connectivity index (χ3v) is 2.18. The average Bonchev–Trinajstić information content (AvgIpc) is 2.07. The molecule has 0 amide bonds. The lowest BCUT2D eigenvalue weighted by Crippen LogP contribution is -2.31. The van der Waals surface area contributed by atoms with E-state index >= 15 is 0 Å². The van der Waals surface area contributed by atoms with Gasteiger partial charge in [-0.3, -0.25) is 0 Å². The van der Waals surface area contributed by atoms with Gasteiger partial charge < -0.3 is 0 Å². The Balaban J connectivity index is 2.14. The van der Waals surface area contributed by atoms with E-state index in [9.17, 15) is 0 Å². The van der Waals surface area contributed by atoms with Crippen LogP contribution in [0, 0.1) is 0 Å². The van der Waals surface area contributed by atoms with Crippen LogP contribution < -0.4 is 0 Å². The van der Waals surface area contributed by atoms with Crippen molar-refractivity contribution in [1.29, 1.82) is 0 Å². The molecule has 0 bridgehead atoms. The van der Waals surface area contributed by atoms with Crippen LogP contribution in [0.4, 0.5) is 0 Å². The highest BCUT2D eigenvalue weighted by molar-refractivity contribution is 4.98. The third kappa shape index (κ3) is 0.430. The summed E-state index contributed by atoms with van der Waals surface area (Å²) in [6.45, 7) is 1.02. The van der Waals surface area contributed by atoms with Crippen molar-refractivity contribution in [1.82, 2.24) is 0 Å². The largest absolute Gasteiger partial charge is 0.191 e. The zero-order valence-electron chi connectivity index (χ0n) is 4.93. The smallest absolute Gasteiger partial charge is 0.103 e. The van der Waals surface area contributed by atoms with Crippen molar-refractivity contribution in [3.05, 3.63) is 0 Å². The van der Waals surface area contributed by atoms with E-state index in [-0.39, 0.29) is 0 Å². The molecule has 1 fully saturated rings. The number of hydrogen-bond acceptors (Lipinski definition) is 2. The van der Waals surface area contributed by atoms with Crippen molar-refractivity contribution in [3.8, 4) is 0 Å². The summed E-state index contributed by atoms with van der Waals surface area (Å²) in [6, 6.07) is 0. The molecule has 44 valence electrons. The van der Waals surface area contributed by atoms with Gasteiger partial charge in [-0.2, -0.15) is 10.2 Å². The lowest BCUT2D eigenvalue weighted by atomic mass is 9.97. The number of rotatable bonds is 0. The summed E-state index contributed by atoms with van der Waals surface area (Å²) in [7, 11) is 0. The first-order valence-electron chi connectivity index (χ1n) is 3.30. The van der Waals surface area contributed by atoms with E-state index in [2.05, 4.69) is 10.2 Å². The van der Waals surface area contributed by atoms with Gasteiger partial charge in [0.05, 0.1) is 6.54 Å². The van der Waals surface area contributed by atoms with Crippen LogP contribution in [0.1, 0.15) is 25.7 Å². The second-order valence-electron chi connectivity index (χ2n) is 2.83. The van der Waals surface area contributed by atoms with E-state index in [0.29, 0.717) is 5.54 Å². The molecule has 1 aliphatic carbocycles. The zero-order chi connectivity index (χ0) is 5.45. The fraction of sp³-hybridized carbons (Fsp3) is 1.00. The molecule has 0 aromatic rings. The SMILES string of the molecule is C1CCC2(C1)CN=N2. The van der Waals surface area contributed by atoms with Crippen LogP contribution in [0.2, 0.25) is 0 Å². The van der Waals surface area contributed by atoms with Crippen molar-refractivity contribution in [2.75, 3.05) is 6.54 Å². The molecule has 1 heterocycles. The van der Waals surface area contributed by atoms with E-state index < -0.39 is 0 Å². The molecular weight excluding hydrogens is 100 g/mol. The second-order valence-corrected chi connectivity index (χ2v) is 2.83. The molecule has 2 heteroatoms. The molecule has 1 aliphatic heterocycles. The summed E-state index contributed by atoms with van der Waals surface area (Å²) >= 11 is 0. The molecule has 2 nitrogen and oxygen atoms in total. The molecule has 0 saturated heterocycles. The van der Waals surface area contributed by atoms with Crippen LogP contribution in [0.5, 0.6) is 0 Å². The topological polar surface area (TPSA) is 24.7 Å². The molecule has 0 aromatic heterocycles. The molecule has 0 atom stereocenters. The Morgan fingerprint density at radius 2 is 1.75 bits per heavy atom. The Labute approximate surface area is 49.0 Å². The molecule has 2 rings (SSSR count). The molecule has 0 N–H and O–H groups in total. The van der Waals surface area contributed by atoms with Gasteiger partial charge in [0.15, 0.2) is 0 Å². The first-order chi connectivity index (χ1) is 3.91. The van der Waals surface area contributed by atoms with Crippen LogP contribution in [-0.4, -0.2) is 12.1 Å². The lowest BCUT2D eigenvalue weighted by Gasteiger charge is -2.26. The minimum absolute atomic E-state index is 0.375. The van der Waals surface area contributed by atoms with Gasteiger partial charge in [0, 0.05) is 0 Å². The number of hydrogen-bond donors (Lipinski definition) is 0. The average molecular weight is 110 g/mol. The fourth-order valence-electron chi connectivity index (χ4n) is 1.56. The summed E-state index contributed by atoms with van der Waals surface area (Å²) in [5, 5.41) is 8.00. The molecule has 1 spiro atoms. The minimum Gasteiger partial charge on any atom is -0.191 e. The Hall–Kier alpha value is -0.400. The Bertz CT molecular complexity index is 122. The van der Waals surface area contributed by atoms with Crippen molar-refractivity contribution in [3.63, 3.8) is 0 Å². The van der Waals surface area contributed by atoms with Gasteiger partial charge in [-0.15, -0.1) is 0 Å². The quantitative estimate of drug-likeness (QED) is 0.454. The van der Waals surface area contributed by atoms with Crippen LogP contribution >= 0.6 is 0 Å². The van der Waals surface area contributed by atoms with Gasteiger partial charge in [-0.1, -0.05) is 12.8 Å². The second kappa shape index (κ2) is 1.30. The summed E-state index contributed by atoms with van der Waals surface area (Å²) in [5.74, 6) is 0. The number of nitrogens with zero attached hydrogens (tertiary/aromatic N) is 2. The van der Waals surface area contributed by atoms with Gasteiger partial charge >= 0.3 is 0 Å². The van der Waals surface area contributed by atoms with Crippen molar-refractivity contribution in [2.45, 2.75) is 31.2 Å². The first-order valence-corrected chi connectivity index (χ1v) is 3.30.